The van der Waals surface area contributed by atoms with Gasteiger partial charge in [-0.05, 0) is 29.9 Å². The maximum atomic E-state index is 12.1. The molecule has 1 unspecified atom stereocenters. The topological polar surface area (TPSA) is 38.3 Å². The molecule has 0 bridgehead atoms. The van der Waals surface area contributed by atoms with Crippen molar-refractivity contribution >= 4 is 5.91 Å². The number of carbonyl (C=O) groups is 1. The molecule has 1 fully saturated rings. The summed E-state index contributed by atoms with van der Waals surface area (Å²) in [4.78, 5) is 12.1. The minimum atomic E-state index is -0.149. The van der Waals surface area contributed by atoms with Crippen LogP contribution in [-0.2, 0) is 10.2 Å². The second kappa shape index (κ2) is 5.31. The van der Waals surface area contributed by atoms with E-state index in [9.17, 15) is 4.79 Å². The monoisotopic (exact) mass is 273 g/mol. The van der Waals surface area contributed by atoms with Gasteiger partial charge in [0.1, 0.15) is 5.75 Å². The van der Waals surface area contributed by atoms with Crippen LogP contribution < -0.4 is 10.1 Å². The molecule has 1 amide bonds. The maximum Gasteiger partial charge on any atom is 0.231 e. The molecule has 1 saturated heterocycles. The Bertz CT molecular complexity index is 540. The normalized spacial score (nSPS) is 19.7. The number of amides is 1. The molecule has 1 aliphatic rings. The molecule has 1 atom stereocenters. The maximum absolute atomic E-state index is 12.1. The average Bonchev–Trinajstić information content (AvgIpc) is 2.37. The summed E-state index contributed by atoms with van der Waals surface area (Å²) in [5.41, 5.74) is 3.04. The Morgan fingerprint density at radius 2 is 2.05 bits per heavy atom. The number of hydrogen-bond donors (Lipinski definition) is 1. The SMILES string of the molecule is C=C1CCC(c2ccc(C(C)(C)C)cc2OC)C(=O)N1. The van der Waals surface area contributed by atoms with Crippen LogP contribution in [0.4, 0.5) is 0 Å². The fourth-order valence-electron chi connectivity index (χ4n) is 2.54. The van der Waals surface area contributed by atoms with Gasteiger partial charge < -0.3 is 10.1 Å². The Kier molecular flexibility index (Phi) is 3.89. The van der Waals surface area contributed by atoms with Gasteiger partial charge in [0.2, 0.25) is 5.91 Å². The van der Waals surface area contributed by atoms with Crippen molar-refractivity contribution in [1.29, 1.82) is 0 Å². The molecular formula is C17H23NO2. The number of allylic oxidation sites excluding steroid dienone is 1. The first kappa shape index (κ1) is 14.6. The van der Waals surface area contributed by atoms with Crippen LogP contribution in [0, 0.1) is 0 Å². The van der Waals surface area contributed by atoms with Crippen LogP contribution in [0.25, 0.3) is 0 Å². The first-order valence-electron chi connectivity index (χ1n) is 7.00. The van der Waals surface area contributed by atoms with E-state index in [0.717, 1.165) is 29.9 Å². The highest BCUT2D eigenvalue weighted by Gasteiger charge is 2.28. The van der Waals surface area contributed by atoms with E-state index in [2.05, 4.69) is 38.7 Å². The van der Waals surface area contributed by atoms with Crippen molar-refractivity contribution in [2.24, 2.45) is 0 Å². The highest BCUT2D eigenvalue weighted by molar-refractivity contribution is 5.86. The Balaban J connectivity index is 2.37. The molecule has 1 aromatic carbocycles. The summed E-state index contributed by atoms with van der Waals surface area (Å²) in [6.45, 7) is 10.3. The number of rotatable bonds is 2. The zero-order valence-corrected chi connectivity index (χ0v) is 12.7. The van der Waals surface area contributed by atoms with Crippen LogP contribution in [0.15, 0.2) is 30.5 Å². The van der Waals surface area contributed by atoms with Crippen LogP contribution >= 0.6 is 0 Å². The lowest BCUT2D eigenvalue weighted by atomic mass is 9.83. The third kappa shape index (κ3) is 2.87. The van der Waals surface area contributed by atoms with E-state index in [1.165, 1.54) is 5.56 Å². The van der Waals surface area contributed by atoms with Crippen molar-refractivity contribution in [3.05, 3.63) is 41.6 Å². The van der Waals surface area contributed by atoms with Gasteiger partial charge in [0, 0.05) is 11.3 Å². The van der Waals surface area contributed by atoms with Gasteiger partial charge in [-0.1, -0.05) is 39.5 Å². The third-order valence-corrected chi connectivity index (χ3v) is 3.83. The smallest absolute Gasteiger partial charge is 0.231 e. The molecule has 0 aromatic heterocycles. The fraction of sp³-hybridized carbons (Fsp3) is 0.471. The van der Waals surface area contributed by atoms with Gasteiger partial charge in [-0.25, -0.2) is 0 Å². The van der Waals surface area contributed by atoms with Crippen molar-refractivity contribution in [2.75, 3.05) is 7.11 Å². The number of ether oxygens (including phenoxy) is 1. The summed E-state index contributed by atoms with van der Waals surface area (Å²) in [6.07, 6.45) is 1.61. The second-order valence-corrected chi connectivity index (χ2v) is 6.39. The number of carbonyl (C=O) groups excluding carboxylic acids is 1. The van der Waals surface area contributed by atoms with Gasteiger partial charge >= 0.3 is 0 Å². The molecule has 1 N–H and O–H groups in total. The molecule has 0 aliphatic carbocycles. The highest BCUT2D eigenvalue weighted by Crippen LogP contribution is 2.36. The summed E-state index contributed by atoms with van der Waals surface area (Å²) in [5.74, 6) is 0.664. The lowest BCUT2D eigenvalue weighted by Crippen LogP contribution is -2.33. The van der Waals surface area contributed by atoms with Crippen LogP contribution in [0.2, 0.25) is 0 Å². The number of hydrogen-bond acceptors (Lipinski definition) is 2. The summed E-state index contributed by atoms with van der Waals surface area (Å²) < 4.78 is 5.51. The Labute approximate surface area is 121 Å². The molecule has 0 radical (unpaired) electrons. The van der Waals surface area contributed by atoms with Crippen molar-refractivity contribution in [3.8, 4) is 5.75 Å². The van der Waals surface area contributed by atoms with Gasteiger partial charge in [0.15, 0.2) is 0 Å². The Hall–Kier alpha value is -1.77. The molecular weight excluding hydrogens is 250 g/mol. The Morgan fingerprint density at radius 3 is 2.60 bits per heavy atom. The highest BCUT2D eigenvalue weighted by atomic mass is 16.5. The molecule has 20 heavy (non-hydrogen) atoms. The molecule has 1 aromatic rings. The minimum absolute atomic E-state index is 0.0167. The van der Waals surface area contributed by atoms with E-state index < -0.39 is 0 Å². The Morgan fingerprint density at radius 1 is 1.35 bits per heavy atom. The van der Waals surface area contributed by atoms with Crippen LogP contribution in [0.1, 0.15) is 50.7 Å². The predicted molar refractivity (Wildman–Crippen MR) is 81.0 cm³/mol. The molecule has 3 heteroatoms. The van der Waals surface area contributed by atoms with Crippen molar-refractivity contribution in [1.82, 2.24) is 5.32 Å². The standard InChI is InChI=1S/C17H23NO2/c1-11-6-8-14(16(19)18-11)13-9-7-12(17(2,3)4)10-15(13)20-5/h7,9-10,14H,1,6,8H2,2-5H3,(H,18,19). The van der Waals surface area contributed by atoms with Gasteiger partial charge in [-0.3, -0.25) is 4.79 Å². The molecule has 1 heterocycles. The van der Waals surface area contributed by atoms with Crippen LogP contribution in [0.5, 0.6) is 5.75 Å². The molecule has 3 nitrogen and oxygen atoms in total. The molecule has 1 aliphatic heterocycles. The lowest BCUT2D eigenvalue weighted by molar-refractivity contribution is -0.122. The van der Waals surface area contributed by atoms with Crippen molar-refractivity contribution in [3.63, 3.8) is 0 Å². The number of nitrogens with one attached hydrogen (secondary N) is 1. The van der Waals surface area contributed by atoms with E-state index in [1.54, 1.807) is 7.11 Å². The zero-order chi connectivity index (χ0) is 14.9. The first-order valence-corrected chi connectivity index (χ1v) is 7.00. The van der Waals surface area contributed by atoms with Crippen molar-refractivity contribution < 1.29 is 9.53 Å². The molecule has 0 saturated carbocycles. The van der Waals surface area contributed by atoms with Gasteiger partial charge in [0.25, 0.3) is 0 Å². The third-order valence-electron chi connectivity index (χ3n) is 3.83. The van der Waals surface area contributed by atoms with Crippen LogP contribution in [-0.4, -0.2) is 13.0 Å². The summed E-state index contributed by atoms with van der Waals surface area (Å²) >= 11 is 0. The summed E-state index contributed by atoms with van der Waals surface area (Å²) in [5, 5.41) is 2.84. The number of piperidine rings is 1. The zero-order valence-electron chi connectivity index (χ0n) is 12.7. The van der Waals surface area contributed by atoms with E-state index in [-0.39, 0.29) is 17.2 Å². The van der Waals surface area contributed by atoms with Crippen LogP contribution in [0.3, 0.4) is 0 Å². The largest absolute Gasteiger partial charge is 0.496 e. The van der Waals surface area contributed by atoms with E-state index in [4.69, 9.17) is 4.74 Å². The van der Waals surface area contributed by atoms with Gasteiger partial charge in [-0.15, -0.1) is 0 Å². The molecule has 108 valence electrons. The first-order chi connectivity index (χ1) is 9.32. The minimum Gasteiger partial charge on any atom is -0.496 e. The quantitative estimate of drug-likeness (QED) is 0.895. The number of methoxy groups -OCH3 is 1. The predicted octanol–water partition coefficient (Wildman–Crippen LogP) is 3.50. The lowest BCUT2D eigenvalue weighted by Gasteiger charge is -2.27. The fourth-order valence-corrected chi connectivity index (χ4v) is 2.54. The van der Waals surface area contributed by atoms with E-state index >= 15 is 0 Å². The van der Waals surface area contributed by atoms with Gasteiger partial charge in [-0.2, -0.15) is 0 Å². The summed E-state index contributed by atoms with van der Waals surface area (Å²) in [7, 11) is 1.66. The second-order valence-electron chi connectivity index (χ2n) is 6.39. The molecule has 2 rings (SSSR count). The average molecular weight is 273 g/mol. The van der Waals surface area contributed by atoms with Crippen molar-refractivity contribution in [2.45, 2.75) is 44.9 Å². The van der Waals surface area contributed by atoms with E-state index in [0.29, 0.717) is 0 Å². The van der Waals surface area contributed by atoms with E-state index in [1.807, 2.05) is 12.1 Å². The van der Waals surface area contributed by atoms with Gasteiger partial charge in [0.05, 0.1) is 13.0 Å². The molecule has 0 spiro atoms. The summed E-state index contributed by atoms with van der Waals surface area (Å²) in [6, 6.07) is 6.17. The number of benzene rings is 1.